The molecule has 32 heavy (non-hydrogen) atoms. The number of anilines is 1. The molecule has 0 aromatic heterocycles. The first-order chi connectivity index (χ1) is 15.2. The zero-order chi connectivity index (χ0) is 22.6. The standard InChI is InChI=1S/C27H21Br2NO2/c1-14-12-15(2)23(16(3)13-14)30-24(31)21-22(25(30)32)27(29)18-9-5-4-8-17(18)26(21,28)19-10-6-7-11-20(19)27/h4-13,21-22H,1-3H3/t21-,22-,26?,27?/m0/s1. The number of amides is 2. The van der Waals surface area contributed by atoms with Crippen LogP contribution < -0.4 is 4.90 Å². The van der Waals surface area contributed by atoms with Crippen LogP contribution >= 0.6 is 31.9 Å². The second-order valence-electron chi connectivity index (χ2n) is 9.23. The van der Waals surface area contributed by atoms with E-state index in [1.165, 1.54) is 4.90 Å². The maximum absolute atomic E-state index is 14.2. The molecule has 1 fully saturated rings. The fraction of sp³-hybridized carbons (Fsp3) is 0.259. The highest BCUT2D eigenvalue weighted by molar-refractivity contribution is 9.10. The van der Waals surface area contributed by atoms with Crippen LogP contribution in [0.1, 0.15) is 38.9 Å². The molecule has 0 radical (unpaired) electrons. The maximum atomic E-state index is 14.2. The molecule has 3 aromatic rings. The van der Waals surface area contributed by atoms with Crippen LogP contribution in [0.25, 0.3) is 0 Å². The molecule has 3 aromatic carbocycles. The number of carbonyl (C=O) groups excluding carboxylic acids is 2. The van der Waals surface area contributed by atoms with Gasteiger partial charge in [0.25, 0.3) is 0 Å². The summed E-state index contributed by atoms with van der Waals surface area (Å²) in [5.74, 6) is -1.36. The molecule has 0 saturated carbocycles. The van der Waals surface area contributed by atoms with Crippen molar-refractivity contribution in [1.29, 1.82) is 0 Å². The number of rotatable bonds is 1. The minimum absolute atomic E-state index is 0.139. The van der Waals surface area contributed by atoms with Gasteiger partial charge in [0.1, 0.15) is 0 Å². The van der Waals surface area contributed by atoms with Gasteiger partial charge in [0, 0.05) is 0 Å². The first kappa shape index (κ1) is 20.4. The van der Waals surface area contributed by atoms with Crippen molar-refractivity contribution in [2.24, 2.45) is 11.8 Å². The minimum Gasteiger partial charge on any atom is -0.274 e. The van der Waals surface area contributed by atoms with E-state index in [1.807, 2.05) is 57.2 Å². The van der Waals surface area contributed by atoms with E-state index in [2.05, 4.69) is 56.1 Å². The predicted molar refractivity (Wildman–Crippen MR) is 132 cm³/mol. The van der Waals surface area contributed by atoms with Crippen LogP contribution in [-0.4, -0.2) is 11.8 Å². The number of hydrogen-bond acceptors (Lipinski definition) is 2. The van der Waals surface area contributed by atoms with Crippen LogP contribution in [-0.2, 0) is 18.2 Å². The number of nitrogens with zero attached hydrogens (tertiary/aromatic N) is 1. The topological polar surface area (TPSA) is 37.4 Å². The quantitative estimate of drug-likeness (QED) is 0.274. The lowest BCUT2D eigenvalue weighted by atomic mass is 9.54. The Balaban J connectivity index is 1.67. The third kappa shape index (κ3) is 2.17. The van der Waals surface area contributed by atoms with Crippen LogP contribution in [0, 0.1) is 32.6 Å². The molecule has 0 spiro atoms. The molecule has 7 rings (SSSR count). The third-order valence-electron chi connectivity index (χ3n) is 7.44. The highest BCUT2D eigenvalue weighted by Gasteiger charge is 2.72. The molecule has 160 valence electrons. The number of alkyl halides is 2. The number of halogens is 2. The van der Waals surface area contributed by atoms with Gasteiger partial charge in [-0.05, 0) is 54.2 Å². The smallest absolute Gasteiger partial charge is 0.239 e. The molecule has 2 atom stereocenters. The van der Waals surface area contributed by atoms with Gasteiger partial charge in [-0.25, -0.2) is 4.90 Å². The van der Waals surface area contributed by atoms with Crippen LogP contribution in [0.5, 0.6) is 0 Å². The van der Waals surface area contributed by atoms with Crippen molar-refractivity contribution in [2.75, 3.05) is 4.90 Å². The Morgan fingerprint density at radius 1 is 0.688 bits per heavy atom. The Labute approximate surface area is 204 Å². The van der Waals surface area contributed by atoms with Gasteiger partial charge in [-0.2, -0.15) is 0 Å². The summed E-state index contributed by atoms with van der Waals surface area (Å²) in [6, 6.07) is 20.4. The fourth-order valence-electron chi connectivity index (χ4n) is 6.41. The lowest BCUT2D eigenvalue weighted by Gasteiger charge is -2.55. The van der Waals surface area contributed by atoms with Gasteiger partial charge in [0.05, 0.1) is 26.2 Å². The molecule has 1 aliphatic heterocycles. The van der Waals surface area contributed by atoms with Crippen molar-refractivity contribution >= 4 is 49.4 Å². The van der Waals surface area contributed by atoms with E-state index in [0.717, 1.165) is 44.6 Å². The Morgan fingerprint density at radius 2 is 1.03 bits per heavy atom. The molecule has 2 bridgehead atoms. The summed E-state index contributed by atoms with van der Waals surface area (Å²) in [7, 11) is 0. The molecule has 3 aliphatic carbocycles. The van der Waals surface area contributed by atoms with E-state index in [0.29, 0.717) is 0 Å². The van der Waals surface area contributed by atoms with Gasteiger partial charge in [-0.1, -0.05) is 98.1 Å². The Bertz CT molecular complexity index is 1220. The first-order valence-electron chi connectivity index (χ1n) is 10.8. The summed E-state index contributed by atoms with van der Waals surface area (Å²) in [5, 5.41) is 0. The molecular weight excluding hydrogens is 530 g/mol. The van der Waals surface area contributed by atoms with Crippen molar-refractivity contribution in [3.8, 4) is 0 Å². The van der Waals surface area contributed by atoms with Crippen molar-refractivity contribution in [3.05, 3.63) is 99.6 Å². The van der Waals surface area contributed by atoms with Crippen molar-refractivity contribution < 1.29 is 9.59 Å². The zero-order valence-corrected chi connectivity index (χ0v) is 21.1. The van der Waals surface area contributed by atoms with Crippen LogP contribution in [0.3, 0.4) is 0 Å². The van der Waals surface area contributed by atoms with Crippen LogP contribution in [0.4, 0.5) is 5.69 Å². The summed E-state index contributed by atoms with van der Waals surface area (Å²) >= 11 is 8.12. The second-order valence-corrected chi connectivity index (χ2v) is 11.7. The highest BCUT2D eigenvalue weighted by Crippen LogP contribution is 2.71. The van der Waals surface area contributed by atoms with Crippen LogP contribution in [0.2, 0.25) is 0 Å². The third-order valence-corrected chi connectivity index (χ3v) is 10.1. The molecule has 2 amide bonds. The minimum atomic E-state index is -0.756. The summed E-state index contributed by atoms with van der Waals surface area (Å²) < 4.78 is -1.51. The lowest BCUT2D eigenvalue weighted by molar-refractivity contribution is -0.122. The fourth-order valence-corrected chi connectivity index (χ4v) is 8.72. The number of carbonyl (C=O) groups is 2. The monoisotopic (exact) mass is 549 g/mol. The van der Waals surface area contributed by atoms with Gasteiger partial charge < -0.3 is 0 Å². The molecule has 0 N–H and O–H groups in total. The molecule has 4 aliphatic rings. The van der Waals surface area contributed by atoms with E-state index >= 15 is 0 Å². The molecule has 1 saturated heterocycles. The largest absolute Gasteiger partial charge is 0.274 e. The Hall–Kier alpha value is -2.24. The predicted octanol–water partition coefficient (Wildman–Crippen LogP) is 6.02. The van der Waals surface area contributed by atoms with Gasteiger partial charge in [0.2, 0.25) is 11.8 Å². The SMILES string of the molecule is Cc1cc(C)c(N2C(=O)[C@@H]3[C@@H](C2=O)C2(Br)c4ccccc4C3(Br)c3ccccc32)c(C)c1. The number of aryl methyl sites for hydroxylation is 3. The van der Waals surface area contributed by atoms with Crippen molar-refractivity contribution in [1.82, 2.24) is 0 Å². The first-order valence-corrected chi connectivity index (χ1v) is 12.3. The van der Waals surface area contributed by atoms with Crippen molar-refractivity contribution in [3.63, 3.8) is 0 Å². The van der Waals surface area contributed by atoms with Gasteiger partial charge >= 0.3 is 0 Å². The Morgan fingerprint density at radius 3 is 1.38 bits per heavy atom. The molecule has 0 unspecified atom stereocenters. The lowest BCUT2D eigenvalue weighted by Crippen LogP contribution is -2.56. The van der Waals surface area contributed by atoms with E-state index in [1.54, 1.807) is 0 Å². The molecular formula is C27H21Br2NO2. The highest BCUT2D eigenvalue weighted by atomic mass is 79.9. The zero-order valence-electron chi connectivity index (χ0n) is 17.9. The number of benzene rings is 3. The van der Waals surface area contributed by atoms with E-state index < -0.39 is 20.5 Å². The van der Waals surface area contributed by atoms with Crippen molar-refractivity contribution in [2.45, 2.75) is 29.4 Å². The van der Waals surface area contributed by atoms with E-state index in [4.69, 9.17) is 0 Å². The number of imide groups is 1. The maximum Gasteiger partial charge on any atom is 0.239 e. The van der Waals surface area contributed by atoms with E-state index in [-0.39, 0.29) is 11.8 Å². The average molecular weight is 551 g/mol. The molecule has 5 heteroatoms. The van der Waals surface area contributed by atoms with E-state index in [9.17, 15) is 9.59 Å². The summed E-state index contributed by atoms with van der Waals surface area (Å²) in [6.45, 7) is 5.99. The average Bonchev–Trinajstić information content (AvgIpc) is 3.03. The summed E-state index contributed by atoms with van der Waals surface area (Å²) in [4.78, 5) is 29.8. The summed E-state index contributed by atoms with van der Waals surface area (Å²) in [6.07, 6.45) is 0. The van der Waals surface area contributed by atoms with Gasteiger partial charge in [0.15, 0.2) is 0 Å². The second kappa shape index (κ2) is 6.42. The molecule has 1 heterocycles. The van der Waals surface area contributed by atoms with Gasteiger partial charge in [-0.3, -0.25) is 9.59 Å². The van der Waals surface area contributed by atoms with Gasteiger partial charge in [-0.15, -0.1) is 0 Å². The summed E-state index contributed by atoms with van der Waals surface area (Å²) in [5.41, 5.74) is 7.94. The normalized spacial score (nSPS) is 29.7. The Kier molecular flexibility index (Phi) is 4.09. The molecule has 3 nitrogen and oxygen atoms in total. The van der Waals surface area contributed by atoms with Crippen LogP contribution in [0.15, 0.2) is 60.7 Å². The number of hydrogen-bond donors (Lipinski definition) is 0.